The quantitative estimate of drug-likeness (QED) is 0.747. The van der Waals surface area contributed by atoms with Crippen molar-refractivity contribution < 1.29 is 13.2 Å². The first-order chi connectivity index (χ1) is 8.43. The van der Waals surface area contributed by atoms with Crippen molar-refractivity contribution in [2.75, 3.05) is 26.3 Å². The van der Waals surface area contributed by atoms with Gasteiger partial charge in [0, 0.05) is 17.6 Å². The average Bonchev–Trinajstić information content (AvgIpc) is 2.34. The van der Waals surface area contributed by atoms with Crippen molar-refractivity contribution in [3.8, 4) is 0 Å². The summed E-state index contributed by atoms with van der Waals surface area (Å²) in [5.41, 5.74) is 0. The van der Waals surface area contributed by atoms with E-state index in [4.69, 9.17) is 27.9 Å². The van der Waals surface area contributed by atoms with Crippen molar-refractivity contribution in [1.29, 1.82) is 0 Å². The molecule has 0 amide bonds. The van der Waals surface area contributed by atoms with Crippen LogP contribution in [0.1, 0.15) is 0 Å². The van der Waals surface area contributed by atoms with E-state index in [9.17, 15) is 8.42 Å². The molecular weight excluding hydrogens is 365 g/mol. The van der Waals surface area contributed by atoms with Gasteiger partial charge in [0.25, 0.3) is 0 Å². The highest BCUT2D eigenvalue weighted by Gasteiger charge is 2.28. The number of morpholine rings is 1. The lowest BCUT2D eigenvalue weighted by Gasteiger charge is -2.26. The molecule has 1 aliphatic heterocycles. The molecule has 1 saturated heterocycles. The number of hydrogen-bond donors (Lipinski definition) is 0. The maximum absolute atomic E-state index is 12.4. The maximum atomic E-state index is 12.4. The molecule has 0 saturated carbocycles. The molecule has 0 bridgehead atoms. The summed E-state index contributed by atoms with van der Waals surface area (Å²) in [6.07, 6.45) is 0. The van der Waals surface area contributed by atoms with Crippen LogP contribution < -0.4 is 0 Å². The lowest BCUT2D eigenvalue weighted by atomic mass is 10.4. The van der Waals surface area contributed by atoms with E-state index in [-0.39, 0.29) is 9.92 Å². The Bertz CT molecular complexity index is 558. The first kappa shape index (κ1) is 14.6. The van der Waals surface area contributed by atoms with Crippen molar-refractivity contribution >= 4 is 49.2 Å². The van der Waals surface area contributed by atoms with Gasteiger partial charge in [-0.05, 0) is 28.1 Å². The van der Waals surface area contributed by atoms with Crippen molar-refractivity contribution in [1.82, 2.24) is 4.31 Å². The SMILES string of the molecule is O=S(=O)(c1cc(Cl)c(Cl)cc1Br)N1CCOCC1. The second-order valence-electron chi connectivity index (χ2n) is 3.71. The van der Waals surface area contributed by atoms with Crippen molar-refractivity contribution in [3.63, 3.8) is 0 Å². The molecule has 0 unspecified atom stereocenters. The Hall–Kier alpha value is 0.150. The predicted molar refractivity (Wildman–Crippen MR) is 73.7 cm³/mol. The Morgan fingerprint density at radius 1 is 1.17 bits per heavy atom. The third-order valence-electron chi connectivity index (χ3n) is 2.56. The number of rotatable bonds is 2. The molecule has 1 heterocycles. The average molecular weight is 375 g/mol. The first-order valence-electron chi connectivity index (χ1n) is 5.15. The molecule has 0 radical (unpaired) electrons. The Labute approximate surface area is 124 Å². The molecule has 0 spiro atoms. The zero-order valence-corrected chi connectivity index (χ0v) is 13.1. The molecule has 0 atom stereocenters. The van der Waals surface area contributed by atoms with E-state index in [2.05, 4.69) is 15.9 Å². The molecular formula is C10H10BrCl2NO3S. The molecule has 8 heteroatoms. The summed E-state index contributed by atoms with van der Waals surface area (Å²) in [6.45, 7) is 1.49. The Balaban J connectivity index is 2.43. The minimum Gasteiger partial charge on any atom is -0.379 e. The van der Waals surface area contributed by atoms with E-state index in [0.717, 1.165) is 0 Å². The fourth-order valence-corrected chi connectivity index (χ4v) is 4.59. The topological polar surface area (TPSA) is 46.6 Å². The Kier molecular flexibility index (Phi) is 4.57. The van der Waals surface area contributed by atoms with Crippen LogP contribution in [0.2, 0.25) is 10.0 Å². The minimum atomic E-state index is -3.57. The highest BCUT2D eigenvalue weighted by atomic mass is 79.9. The number of benzene rings is 1. The molecule has 1 aromatic carbocycles. The largest absolute Gasteiger partial charge is 0.379 e. The van der Waals surface area contributed by atoms with E-state index in [0.29, 0.717) is 35.8 Å². The van der Waals surface area contributed by atoms with E-state index in [1.165, 1.54) is 16.4 Å². The van der Waals surface area contributed by atoms with Gasteiger partial charge in [-0.2, -0.15) is 4.31 Å². The molecule has 100 valence electrons. The van der Waals surface area contributed by atoms with Gasteiger partial charge in [0.1, 0.15) is 0 Å². The molecule has 0 aromatic heterocycles. The summed E-state index contributed by atoms with van der Waals surface area (Å²) in [6, 6.07) is 2.84. The van der Waals surface area contributed by atoms with Gasteiger partial charge in [-0.3, -0.25) is 0 Å². The summed E-state index contributed by atoms with van der Waals surface area (Å²) < 4.78 is 31.7. The number of sulfonamides is 1. The van der Waals surface area contributed by atoms with Crippen LogP contribution in [0.4, 0.5) is 0 Å². The monoisotopic (exact) mass is 373 g/mol. The molecule has 1 fully saturated rings. The second-order valence-corrected chi connectivity index (χ2v) is 7.29. The van der Waals surface area contributed by atoms with Crippen LogP contribution in [0.15, 0.2) is 21.5 Å². The summed E-state index contributed by atoms with van der Waals surface area (Å²) in [5.74, 6) is 0. The van der Waals surface area contributed by atoms with Gasteiger partial charge in [0.2, 0.25) is 10.0 Å². The highest BCUT2D eigenvalue weighted by molar-refractivity contribution is 9.10. The van der Waals surface area contributed by atoms with Gasteiger partial charge >= 0.3 is 0 Å². The fraction of sp³-hybridized carbons (Fsp3) is 0.400. The molecule has 4 nitrogen and oxygen atoms in total. The lowest BCUT2D eigenvalue weighted by Crippen LogP contribution is -2.40. The number of halogens is 3. The second kappa shape index (κ2) is 5.64. The van der Waals surface area contributed by atoms with Gasteiger partial charge in [0.05, 0.1) is 28.2 Å². The Morgan fingerprint density at radius 2 is 1.72 bits per heavy atom. The van der Waals surface area contributed by atoms with Gasteiger partial charge < -0.3 is 4.74 Å². The van der Waals surface area contributed by atoms with Crippen molar-refractivity contribution in [2.45, 2.75) is 4.90 Å². The van der Waals surface area contributed by atoms with Crippen LogP contribution in [0.3, 0.4) is 0 Å². The van der Waals surface area contributed by atoms with Gasteiger partial charge in [-0.25, -0.2) is 8.42 Å². The smallest absolute Gasteiger partial charge is 0.244 e. The Morgan fingerprint density at radius 3 is 2.33 bits per heavy atom. The zero-order valence-electron chi connectivity index (χ0n) is 9.20. The van der Waals surface area contributed by atoms with Gasteiger partial charge in [-0.15, -0.1) is 0 Å². The molecule has 18 heavy (non-hydrogen) atoms. The fourth-order valence-electron chi connectivity index (χ4n) is 1.63. The molecule has 0 N–H and O–H groups in total. The van der Waals surface area contributed by atoms with Crippen molar-refractivity contribution in [2.24, 2.45) is 0 Å². The van der Waals surface area contributed by atoms with Crippen LogP contribution in [0.25, 0.3) is 0 Å². The van der Waals surface area contributed by atoms with E-state index in [1.807, 2.05) is 0 Å². The number of hydrogen-bond acceptors (Lipinski definition) is 3. The summed E-state index contributed by atoms with van der Waals surface area (Å²) in [7, 11) is -3.57. The zero-order chi connectivity index (χ0) is 13.3. The maximum Gasteiger partial charge on any atom is 0.244 e. The standard InChI is InChI=1S/C10H10BrCl2NO3S/c11-7-5-8(12)9(13)6-10(7)18(15,16)14-1-3-17-4-2-14/h5-6H,1-4H2. The molecule has 0 aliphatic carbocycles. The van der Waals surface area contributed by atoms with Crippen LogP contribution >= 0.6 is 39.1 Å². The highest BCUT2D eigenvalue weighted by Crippen LogP contribution is 2.33. The minimum absolute atomic E-state index is 0.124. The van der Waals surface area contributed by atoms with Gasteiger partial charge in [0.15, 0.2) is 0 Å². The normalized spacial score (nSPS) is 17.9. The summed E-state index contributed by atoms with van der Waals surface area (Å²) >= 11 is 14.9. The number of nitrogens with zero attached hydrogens (tertiary/aromatic N) is 1. The van der Waals surface area contributed by atoms with Crippen molar-refractivity contribution in [3.05, 3.63) is 26.7 Å². The van der Waals surface area contributed by atoms with E-state index >= 15 is 0 Å². The predicted octanol–water partition coefficient (Wildman–Crippen LogP) is 2.78. The molecule has 2 rings (SSSR count). The third kappa shape index (κ3) is 2.84. The van der Waals surface area contributed by atoms with Crippen LogP contribution in [0, 0.1) is 0 Å². The van der Waals surface area contributed by atoms with E-state index in [1.54, 1.807) is 0 Å². The summed E-state index contributed by atoms with van der Waals surface area (Å²) in [5, 5.41) is 0.524. The molecule has 1 aromatic rings. The van der Waals surface area contributed by atoms with Crippen LogP contribution in [-0.2, 0) is 14.8 Å². The third-order valence-corrected chi connectivity index (χ3v) is 6.14. The molecule has 1 aliphatic rings. The summed E-state index contributed by atoms with van der Waals surface area (Å²) in [4.78, 5) is 0.124. The lowest BCUT2D eigenvalue weighted by molar-refractivity contribution is 0.0730. The van der Waals surface area contributed by atoms with Crippen LogP contribution in [-0.4, -0.2) is 39.0 Å². The van der Waals surface area contributed by atoms with Gasteiger partial charge in [-0.1, -0.05) is 23.2 Å². The van der Waals surface area contributed by atoms with Crippen LogP contribution in [0.5, 0.6) is 0 Å². The first-order valence-corrected chi connectivity index (χ1v) is 8.14. The van der Waals surface area contributed by atoms with E-state index < -0.39 is 10.0 Å². The number of ether oxygens (including phenoxy) is 1.